The van der Waals surface area contributed by atoms with Crippen LogP contribution in [0.25, 0.3) is 0 Å². The van der Waals surface area contributed by atoms with Gasteiger partial charge in [-0.05, 0) is 37.3 Å². The van der Waals surface area contributed by atoms with Crippen LogP contribution in [-0.4, -0.2) is 35.0 Å². The summed E-state index contributed by atoms with van der Waals surface area (Å²) in [7, 11) is 0. The number of amides is 1. The van der Waals surface area contributed by atoms with Crippen LogP contribution in [0.2, 0.25) is 0 Å². The Morgan fingerprint density at radius 3 is 2.85 bits per heavy atom. The van der Waals surface area contributed by atoms with Gasteiger partial charge in [-0.25, -0.2) is 0 Å². The lowest BCUT2D eigenvalue weighted by atomic mass is 10.1. The molecule has 1 amide bonds. The number of nitrogens with two attached hydrogens (primary N) is 1. The van der Waals surface area contributed by atoms with Crippen molar-refractivity contribution in [1.29, 1.82) is 0 Å². The van der Waals surface area contributed by atoms with Crippen LogP contribution in [0.5, 0.6) is 5.75 Å². The topological polar surface area (TPSA) is 55.6 Å². The fraction of sp³-hybridized carbons (Fsp3) is 0.467. The van der Waals surface area contributed by atoms with E-state index in [4.69, 9.17) is 22.7 Å². The number of likely N-dealkylation sites (tertiary alicyclic amines) is 1. The van der Waals surface area contributed by atoms with Crippen molar-refractivity contribution >= 4 is 23.1 Å². The van der Waals surface area contributed by atoms with E-state index in [1.54, 1.807) is 12.1 Å². The third-order valence-electron chi connectivity index (χ3n) is 4.23. The average molecular weight is 290 g/mol. The summed E-state index contributed by atoms with van der Waals surface area (Å²) >= 11 is 4.98. The minimum Gasteiger partial charge on any atom is -0.483 e. The van der Waals surface area contributed by atoms with Gasteiger partial charge in [-0.3, -0.25) is 4.79 Å². The normalized spacial score (nSPS) is 23.9. The zero-order chi connectivity index (χ0) is 14.1. The monoisotopic (exact) mass is 290 g/mol. The predicted octanol–water partition coefficient (Wildman–Crippen LogP) is 1.71. The summed E-state index contributed by atoms with van der Waals surface area (Å²) < 4.78 is 5.62. The minimum absolute atomic E-state index is 0.0584. The molecule has 2 bridgehead atoms. The largest absolute Gasteiger partial charge is 0.483 e. The number of nitrogens with zero attached hydrogens (tertiary/aromatic N) is 1. The molecule has 1 aromatic rings. The summed E-state index contributed by atoms with van der Waals surface area (Å²) in [6.45, 7) is 0.951. The second kappa shape index (κ2) is 5.40. The molecule has 1 aliphatic heterocycles. The highest BCUT2D eigenvalue weighted by molar-refractivity contribution is 7.80. The lowest BCUT2D eigenvalue weighted by molar-refractivity contribution is -0.135. The van der Waals surface area contributed by atoms with E-state index in [0.717, 1.165) is 19.4 Å². The van der Waals surface area contributed by atoms with Crippen LogP contribution in [0.4, 0.5) is 0 Å². The Hall–Kier alpha value is -1.62. The maximum atomic E-state index is 12.2. The van der Waals surface area contributed by atoms with Gasteiger partial charge in [0.2, 0.25) is 0 Å². The Morgan fingerprint density at radius 2 is 2.20 bits per heavy atom. The van der Waals surface area contributed by atoms with Crippen molar-refractivity contribution in [2.24, 2.45) is 11.7 Å². The number of ether oxygens (including phenoxy) is 1. The average Bonchev–Trinajstić information content (AvgIpc) is 3.07. The molecule has 1 heterocycles. The van der Waals surface area contributed by atoms with Crippen molar-refractivity contribution in [3.8, 4) is 5.75 Å². The van der Waals surface area contributed by atoms with Gasteiger partial charge in [0.1, 0.15) is 10.7 Å². The molecule has 1 aliphatic carbocycles. The maximum absolute atomic E-state index is 12.2. The van der Waals surface area contributed by atoms with E-state index in [1.165, 1.54) is 6.42 Å². The number of carbonyl (C=O) groups excluding carboxylic acids is 1. The van der Waals surface area contributed by atoms with Crippen molar-refractivity contribution < 1.29 is 9.53 Å². The summed E-state index contributed by atoms with van der Waals surface area (Å²) in [5.74, 6) is 1.35. The molecule has 2 aliphatic rings. The highest BCUT2D eigenvalue weighted by atomic mass is 32.1. The van der Waals surface area contributed by atoms with Gasteiger partial charge >= 0.3 is 0 Å². The smallest absolute Gasteiger partial charge is 0.260 e. The van der Waals surface area contributed by atoms with Crippen LogP contribution in [0, 0.1) is 5.92 Å². The van der Waals surface area contributed by atoms with Gasteiger partial charge in [0, 0.05) is 12.6 Å². The number of thiocarbonyl (C=S) groups is 1. The van der Waals surface area contributed by atoms with E-state index in [-0.39, 0.29) is 17.5 Å². The van der Waals surface area contributed by atoms with Crippen molar-refractivity contribution in [2.45, 2.75) is 25.3 Å². The van der Waals surface area contributed by atoms with E-state index in [9.17, 15) is 4.79 Å². The molecule has 2 N–H and O–H groups in total. The minimum atomic E-state index is 0.0584. The molecule has 106 valence electrons. The molecule has 20 heavy (non-hydrogen) atoms. The molecule has 3 rings (SSSR count). The lowest BCUT2D eigenvalue weighted by Gasteiger charge is -2.27. The highest BCUT2D eigenvalue weighted by Crippen LogP contribution is 2.37. The standard InChI is InChI=1S/C15H18N2O2S/c16-15(20)12-3-1-2-4-13(12)19-9-14(18)17-8-10-5-6-11(17)7-10/h1-4,10-11H,5-9H2,(H2,16,20). The molecule has 1 saturated heterocycles. The number of piperidine rings is 1. The molecule has 2 unspecified atom stereocenters. The van der Waals surface area contributed by atoms with Crippen molar-refractivity contribution in [3.05, 3.63) is 29.8 Å². The van der Waals surface area contributed by atoms with E-state index < -0.39 is 0 Å². The Morgan fingerprint density at radius 1 is 1.40 bits per heavy atom. The van der Waals surface area contributed by atoms with Gasteiger partial charge in [-0.1, -0.05) is 24.4 Å². The van der Waals surface area contributed by atoms with Crippen LogP contribution >= 0.6 is 12.2 Å². The maximum Gasteiger partial charge on any atom is 0.260 e. The van der Waals surface area contributed by atoms with Gasteiger partial charge < -0.3 is 15.4 Å². The van der Waals surface area contributed by atoms with Crippen LogP contribution in [0.3, 0.4) is 0 Å². The van der Waals surface area contributed by atoms with Gasteiger partial charge in [-0.15, -0.1) is 0 Å². The van der Waals surface area contributed by atoms with Gasteiger partial charge in [0.25, 0.3) is 5.91 Å². The Kier molecular flexibility index (Phi) is 3.61. The summed E-state index contributed by atoms with van der Waals surface area (Å²) in [6.07, 6.45) is 3.56. The van der Waals surface area contributed by atoms with Crippen molar-refractivity contribution in [3.63, 3.8) is 0 Å². The molecular weight excluding hydrogens is 272 g/mol. The van der Waals surface area contributed by atoms with Crippen LogP contribution in [0.1, 0.15) is 24.8 Å². The Balaban J connectivity index is 1.62. The van der Waals surface area contributed by atoms with Crippen molar-refractivity contribution in [1.82, 2.24) is 4.90 Å². The van der Waals surface area contributed by atoms with Gasteiger partial charge in [0.15, 0.2) is 6.61 Å². The van der Waals surface area contributed by atoms with Crippen LogP contribution < -0.4 is 10.5 Å². The Labute approximate surface area is 123 Å². The molecule has 5 heteroatoms. The number of hydrogen-bond acceptors (Lipinski definition) is 3. The molecule has 2 atom stereocenters. The summed E-state index contributed by atoms with van der Waals surface area (Å²) in [6, 6.07) is 7.72. The summed E-state index contributed by atoms with van der Waals surface area (Å²) in [5.41, 5.74) is 6.33. The van der Waals surface area contributed by atoms with E-state index in [0.29, 0.717) is 23.3 Å². The zero-order valence-electron chi connectivity index (χ0n) is 11.2. The third kappa shape index (κ3) is 2.50. The first-order valence-electron chi connectivity index (χ1n) is 6.96. The van der Waals surface area contributed by atoms with E-state index in [1.807, 2.05) is 17.0 Å². The third-order valence-corrected chi connectivity index (χ3v) is 4.45. The quantitative estimate of drug-likeness (QED) is 0.858. The van der Waals surface area contributed by atoms with Crippen LogP contribution in [0.15, 0.2) is 24.3 Å². The Bertz CT molecular complexity index is 546. The number of para-hydroxylation sites is 1. The second-order valence-electron chi connectivity index (χ2n) is 5.53. The fourth-order valence-electron chi connectivity index (χ4n) is 3.25. The molecule has 4 nitrogen and oxygen atoms in total. The zero-order valence-corrected chi connectivity index (χ0v) is 12.1. The number of rotatable bonds is 4. The molecule has 2 fully saturated rings. The first-order valence-corrected chi connectivity index (χ1v) is 7.37. The molecule has 1 saturated carbocycles. The second-order valence-corrected chi connectivity index (χ2v) is 5.97. The van der Waals surface area contributed by atoms with E-state index >= 15 is 0 Å². The predicted molar refractivity (Wildman–Crippen MR) is 80.7 cm³/mol. The van der Waals surface area contributed by atoms with Crippen LogP contribution in [-0.2, 0) is 4.79 Å². The number of hydrogen-bond donors (Lipinski definition) is 1. The number of benzene rings is 1. The molecule has 0 aromatic heterocycles. The summed E-state index contributed by atoms with van der Waals surface area (Å²) in [5, 5.41) is 0. The highest BCUT2D eigenvalue weighted by Gasteiger charge is 2.40. The molecule has 1 aromatic carbocycles. The van der Waals surface area contributed by atoms with Gasteiger partial charge in [0.05, 0.1) is 5.56 Å². The summed E-state index contributed by atoms with van der Waals surface area (Å²) in [4.78, 5) is 14.5. The first-order chi connectivity index (χ1) is 9.65. The number of carbonyl (C=O) groups is 1. The van der Waals surface area contributed by atoms with E-state index in [2.05, 4.69) is 0 Å². The molecular formula is C15H18N2O2S. The SMILES string of the molecule is NC(=S)c1ccccc1OCC(=O)N1CC2CCC1C2. The number of fused-ring (bicyclic) bond motifs is 2. The lowest BCUT2D eigenvalue weighted by Crippen LogP contribution is -2.40. The fourth-order valence-corrected chi connectivity index (χ4v) is 3.42. The molecule has 0 spiro atoms. The first kappa shape index (κ1) is 13.4. The van der Waals surface area contributed by atoms with Crippen molar-refractivity contribution in [2.75, 3.05) is 13.2 Å². The van der Waals surface area contributed by atoms with Gasteiger partial charge in [-0.2, -0.15) is 0 Å². The molecule has 0 radical (unpaired) electrons.